The lowest BCUT2D eigenvalue weighted by Crippen LogP contribution is -2.17. The smallest absolute Gasteiger partial charge is 0.462 e. The maximum absolute atomic E-state index is 12.4. The Hall–Kier alpha value is -2.39. The quantitative estimate of drug-likeness (QED) is 0.487. The topological polar surface area (TPSA) is 48.4 Å². The molecule has 4 nitrogen and oxygen atoms in total. The summed E-state index contributed by atoms with van der Waals surface area (Å²) < 4.78 is 46.2. The maximum Gasteiger partial charge on any atom is 0.573 e. The van der Waals surface area contributed by atoms with Gasteiger partial charge in [0.05, 0.1) is 17.2 Å². The van der Waals surface area contributed by atoms with Crippen molar-refractivity contribution in [1.29, 1.82) is 0 Å². The van der Waals surface area contributed by atoms with Gasteiger partial charge < -0.3 is 9.47 Å². The van der Waals surface area contributed by atoms with Crippen LogP contribution in [0.5, 0.6) is 5.75 Å². The van der Waals surface area contributed by atoms with E-state index in [1.165, 1.54) is 40.9 Å². The normalized spacial score (nSPS) is 11.4. The second-order valence-corrected chi connectivity index (χ2v) is 7.48. The van der Waals surface area contributed by atoms with Crippen LogP contribution in [0.1, 0.15) is 22.3 Å². The Balaban J connectivity index is 1.87. The number of esters is 1. The number of benzene rings is 1. The molecule has 0 unspecified atom stereocenters. The van der Waals surface area contributed by atoms with E-state index in [4.69, 9.17) is 4.74 Å². The molecule has 1 aromatic carbocycles. The first-order chi connectivity index (χ1) is 12.8. The number of ether oxygens (including phenoxy) is 2. The van der Waals surface area contributed by atoms with E-state index in [2.05, 4.69) is 9.72 Å². The zero-order chi connectivity index (χ0) is 19.6. The largest absolute Gasteiger partial charge is 0.573 e. The molecule has 2 aromatic heterocycles. The molecule has 27 heavy (non-hydrogen) atoms. The number of hydrogen-bond donors (Lipinski definition) is 0. The molecule has 0 bridgehead atoms. The van der Waals surface area contributed by atoms with Gasteiger partial charge in [-0.25, -0.2) is 9.78 Å². The second kappa shape index (κ2) is 7.69. The number of alkyl halides is 3. The number of carbonyl (C=O) groups is 1. The number of aromatic nitrogens is 1. The molecule has 0 aliphatic carbocycles. The minimum absolute atomic E-state index is 0.273. The van der Waals surface area contributed by atoms with Crippen LogP contribution in [-0.2, 0) is 4.74 Å². The number of halogens is 3. The van der Waals surface area contributed by atoms with Gasteiger partial charge in [-0.15, -0.1) is 35.8 Å². The van der Waals surface area contributed by atoms with Crippen LogP contribution in [0.15, 0.2) is 36.4 Å². The molecule has 142 valence electrons. The molecule has 0 aliphatic heterocycles. The highest BCUT2D eigenvalue weighted by Crippen LogP contribution is 2.38. The second-order valence-electron chi connectivity index (χ2n) is 5.39. The predicted molar refractivity (Wildman–Crippen MR) is 98.2 cm³/mol. The van der Waals surface area contributed by atoms with E-state index in [0.717, 1.165) is 9.75 Å². The Bertz CT molecular complexity index is 963. The molecule has 3 rings (SSSR count). The third kappa shape index (κ3) is 4.67. The fourth-order valence-corrected chi connectivity index (χ4v) is 4.36. The summed E-state index contributed by atoms with van der Waals surface area (Å²) in [5.41, 5.74) is 1.19. The first-order valence-corrected chi connectivity index (χ1v) is 9.51. The van der Waals surface area contributed by atoms with Gasteiger partial charge in [-0.1, -0.05) is 12.1 Å². The average Bonchev–Trinajstić information content (AvgIpc) is 3.20. The number of rotatable bonds is 5. The number of aryl methyl sites for hydroxylation is 1. The van der Waals surface area contributed by atoms with Crippen LogP contribution in [0, 0.1) is 6.92 Å². The van der Waals surface area contributed by atoms with Crippen molar-refractivity contribution in [2.24, 2.45) is 0 Å². The Morgan fingerprint density at radius 2 is 1.89 bits per heavy atom. The van der Waals surface area contributed by atoms with Crippen LogP contribution in [-0.4, -0.2) is 23.9 Å². The van der Waals surface area contributed by atoms with Crippen molar-refractivity contribution in [3.05, 3.63) is 47.0 Å². The van der Waals surface area contributed by atoms with Crippen LogP contribution in [0.3, 0.4) is 0 Å². The fourth-order valence-electron chi connectivity index (χ4n) is 2.34. The first-order valence-electron chi connectivity index (χ1n) is 7.87. The van der Waals surface area contributed by atoms with Gasteiger partial charge in [0, 0.05) is 4.88 Å². The minimum Gasteiger partial charge on any atom is -0.462 e. The lowest BCUT2D eigenvalue weighted by molar-refractivity contribution is -0.274. The lowest BCUT2D eigenvalue weighted by Gasteiger charge is -2.09. The molecule has 0 saturated carbocycles. The maximum atomic E-state index is 12.4. The van der Waals surface area contributed by atoms with Gasteiger partial charge >= 0.3 is 12.3 Å². The van der Waals surface area contributed by atoms with Gasteiger partial charge in [-0.3, -0.25) is 0 Å². The fraction of sp³-hybridized carbons (Fsp3) is 0.222. The van der Waals surface area contributed by atoms with Gasteiger partial charge in [0.15, 0.2) is 0 Å². The average molecular weight is 413 g/mol. The third-order valence-corrected chi connectivity index (χ3v) is 5.87. The highest BCUT2D eigenvalue weighted by molar-refractivity contribution is 7.24. The van der Waals surface area contributed by atoms with Gasteiger partial charge in [-0.05, 0) is 43.7 Å². The van der Waals surface area contributed by atoms with Gasteiger partial charge in [0.25, 0.3) is 0 Å². The zero-order valence-electron chi connectivity index (χ0n) is 14.3. The van der Waals surface area contributed by atoms with E-state index in [1.54, 1.807) is 26.0 Å². The number of thiophene rings is 1. The van der Waals surface area contributed by atoms with Gasteiger partial charge in [-0.2, -0.15) is 0 Å². The molecular formula is C18H14F3NO3S2. The van der Waals surface area contributed by atoms with E-state index >= 15 is 0 Å². The molecule has 9 heteroatoms. The van der Waals surface area contributed by atoms with Crippen LogP contribution in [0.25, 0.3) is 20.3 Å². The predicted octanol–water partition coefficient (Wildman–Crippen LogP) is 5.92. The molecule has 0 aliphatic rings. The van der Waals surface area contributed by atoms with Crippen LogP contribution in [0.2, 0.25) is 0 Å². The number of carbonyl (C=O) groups excluding carboxylic acids is 1. The molecule has 0 atom stereocenters. The molecule has 3 aromatic rings. The molecule has 2 heterocycles. The van der Waals surface area contributed by atoms with Crippen LogP contribution in [0.4, 0.5) is 13.2 Å². The van der Waals surface area contributed by atoms with Gasteiger partial charge in [0.1, 0.15) is 15.6 Å². The van der Waals surface area contributed by atoms with Crippen molar-refractivity contribution < 1.29 is 27.4 Å². The minimum atomic E-state index is -4.73. The molecule has 0 saturated heterocycles. The van der Waals surface area contributed by atoms with E-state index in [0.29, 0.717) is 21.1 Å². The number of hydrogen-bond acceptors (Lipinski definition) is 6. The molecule has 0 radical (unpaired) electrons. The van der Waals surface area contributed by atoms with Crippen molar-refractivity contribution in [3.8, 4) is 26.1 Å². The van der Waals surface area contributed by atoms with Crippen molar-refractivity contribution in [2.45, 2.75) is 20.2 Å². The Labute approximate surface area is 161 Å². The first kappa shape index (κ1) is 19.4. The Morgan fingerprint density at radius 1 is 1.15 bits per heavy atom. The zero-order valence-corrected chi connectivity index (χ0v) is 15.9. The summed E-state index contributed by atoms with van der Waals surface area (Å²) >= 11 is 2.60. The van der Waals surface area contributed by atoms with Crippen molar-refractivity contribution in [3.63, 3.8) is 0 Å². The van der Waals surface area contributed by atoms with E-state index < -0.39 is 12.3 Å². The van der Waals surface area contributed by atoms with Crippen molar-refractivity contribution >= 4 is 28.6 Å². The lowest BCUT2D eigenvalue weighted by atomic mass is 10.2. The summed E-state index contributed by atoms with van der Waals surface area (Å²) in [6.07, 6.45) is -4.73. The van der Waals surface area contributed by atoms with Crippen molar-refractivity contribution in [2.75, 3.05) is 6.61 Å². The Kier molecular flexibility index (Phi) is 5.52. The van der Waals surface area contributed by atoms with E-state index in [1.807, 2.05) is 6.07 Å². The Morgan fingerprint density at radius 3 is 2.59 bits per heavy atom. The number of thiazole rings is 1. The van der Waals surface area contributed by atoms with Crippen molar-refractivity contribution in [1.82, 2.24) is 4.98 Å². The van der Waals surface area contributed by atoms with Crippen LogP contribution < -0.4 is 4.74 Å². The monoisotopic (exact) mass is 413 g/mol. The summed E-state index contributed by atoms with van der Waals surface area (Å²) in [5.74, 6) is -0.683. The van der Waals surface area contributed by atoms with Gasteiger partial charge in [0.2, 0.25) is 0 Å². The molecule has 0 amide bonds. The van der Waals surface area contributed by atoms with E-state index in [-0.39, 0.29) is 12.4 Å². The highest BCUT2D eigenvalue weighted by atomic mass is 32.1. The molecule has 0 N–H and O–H groups in total. The summed E-state index contributed by atoms with van der Waals surface area (Å²) in [5, 5.41) is 0.662. The third-order valence-electron chi connectivity index (χ3n) is 3.43. The summed E-state index contributed by atoms with van der Waals surface area (Å²) in [6.45, 7) is 3.75. The summed E-state index contributed by atoms with van der Waals surface area (Å²) in [6, 6.07) is 9.41. The number of nitrogens with zero attached hydrogens (tertiary/aromatic N) is 1. The SMILES string of the molecule is CCOC(=O)c1sc(-c2ccc(-c3cccc(OC(F)(F)F)c3)s2)nc1C. The standard InChI is InChI=1S/C18H14F3NO3S2/c1-3-24-17(23)15-10(2)22-16(27-15)14-8-7-13(26-14)11-5-4-6-12(9-11)25-18(19,20)21/h4-9H,3H2,1-2H3. The summed E-state index contributed by atoms with van der Waals surface area (Å²) in [7, 11) is 0. The van der Waals surface area contributed by atoms with E-state index in [9.17, 15) is 18.0 Å². The molecule has 0 spiro atoms. The van der Waals surface area contributed by atoms with Crippen LogP contribution >= 0.6 is 22.7 Å². The molecule has 0 fully saturated rings. The highest BCUT2D eigenvalue weighted by Gasteiger charge is 2.31. The summed E-state index contributed by atoms with van der Waals surface area (Å²) in [4.78, 5) is 18.4. The molecular weight excluding hydrogens is 399 g/mol.